The normalized spacial score (nSPS) is 11.2. The number of rotatable bonds is 12. The van der Waals surface area contributed by atoms with Crippen LogP contribution in [0.1, 0.15) is 46.4 Å². The number of thiazole rings is 1. The van der Waals surface area contributed by atoms with Crippen molar-refractivity contribution >= 4 is 39.6 Å². The molecule has 1 aromatic carbocycles. The van der Waals surface area contributed by atoms with Crippen LogP contribution in [0.5, 0.6) is 5.75 Å². The second kappa shape index (κ2) is 12.5. The number of carboxylic acid groups (broad SMARTS) is 1. The molecule has 9 heteroatoms. The summed E-state index contributed by atoms with van der Waals surface area (Å²) in [5.74, 6) is 0.530. The van der Waals surface area contributed by atoms with Gasteiger partial charge in [-0.05, 0) is 67.6 Å². The Morgan fingerprint density at radius 2 is 1.92 bits per heavy atom. The van der Waals surface area contributed by atoms with E-state index in [4.69, 9.17) is 14.5 Å². The van der Waals surface area contributed by atoms with Crippen LogP contribution in [-0.4, -0.2) is 41.4 Å². The Hall–Kier alpha value is -3.27. The van der Waals surface area contributed by atoms with Crippen molar-refractivity contribution in [3.8, 4) is 27.4 Å². The van der Waals surface area contributed by atoms with Gasteiger partial charge in [-0.25, -0.2) is 14.8 Å². The average molecular weight is 552 g/mol. The maximum atomic E-state index is 12.1. The Morgan fingerprint density at radius 1 is 1.11 bits per heavy atom. The van der Waals surface area contributed by atoms with Gasteiger partial charge in [-0.3, -0.25) is 0 Å². The van der Waals surface area contributed by atoms with Crippen LogP contribution >= 0.6 is 22.7 Å². The Labute approximate surface area is 231 Å². The highest BCUT2D eigenvalue weighted by Crippen LogP contribution is 2.37. The van der Waals surface area contributed by atoms with Crippen molar-refractivity contribution in [2.45, 2.75) is 40.5 Å². The maximum absolute atomic E-state index is 12.1. The summed E-state index contributed by atoms with van der Waals surface area (Å²) in [6.45, 7) is 9.51. The van der Waals surface area contributed by atoms with Crippen molar-refractivity contribution in [3.05, 3.63) is 63.5 Å². The van der Waals surface area contributed by atoms with Crippen LogP contribution in [0.15, 0.2) is 42.6 Å². The molecule has 4 rings (SSSR count). The second-order valence-corrected chi connectivity index (χ2v) is 11.7. The molecule has 7 nitrogen and oxygen atoms in total. The summed E-state index contributed by atoms with van der Waals surface area (Å²) in [7, 11) is 1.66. The summed E-state index contributed by atoms with van der Waals surface area (Å²) in [5, 5.41) is 13.7. The highest BCUT2D eigenvalue weighted by molar-refractivity contribution is 7.16. The molecule has 0 atom stereocenters. The molecule has 0 fully saturated rings. The summed E-state index contributed by atoms with van der Waals surface area (Å²) in [4.78, 5) is 24.8. The van der Waals surface area contributed by atoms with Crippen molar-refractivity contribution < 1.29 is 19.4 Å². The molecule has 2 N–H and O–H groups in total. The van der Waals surface area contributed by atoms with Gasteiger partial charge < -0.3 is 19.9 Å². The summed E-state index contributed by atoms with van der Waals surface area (Å²) >= 11 is 3.15. The van der Waals surface area contributed by atoms with Crippen LogP contribution in [0.3, 0.4) is 0 Å². The monoisotopic (exact) mass is 551 g/mol. The van der Waals surface area contributed by atoms with Crippen molar-refractivity contribution in [2.24, 2.45) is 5.92 Å². The van der Waals surface area contributed by atoms with Crippen molar-refractivity contribution in [2.75, 3.05) is 25.6 Å². The average Bonchev–Trinajstić information content (AvgIpc) is 3.50. The van der Waals surface area contributed by atoms with Crippen LogP contribution in [0.2, 0.25) is 0 Å². The predicted molar refractivity (Wildman–Crippen MR) is 155 cm³/mol. The van der Waals surface area contributed by atoms with Crippen LogP contribution in [-0.2, 0) is 17.6 Å². The number of benzene rings is 1. The summed E-state index contributed by atoms with van der Waals surface area (Å²) in [6.07, 6.45) is 3.39. The Bertz CT molecular complexity index is 1410. The zero-order valence-corrected chi connectivity index (χ0v) is 24.0. The molecular formula is C29H33N3O4S2. The highest BCUT2D eigenvalue weighted by atomic mass is 32.1. The molecule has 0 unspecified atom stereocenters. The molecule has 200 valence electrons. The van der Waals surface area contributed by atoms with E-state index < -0.39 is 5.97 Å². The number of aromatic carboxylic acids is 1. The van der Waals surface area contributed by atoms with Gasteiger partial charge in [0.05, 0.1) is 12.3 Å². The Balaban J connectivity index is 1.67. The molecule has 38 heavy (non-hydrogen) atoms. The van der Waals surface area contributed by atoms with Crippen LogP contribution in [0, 0.1) is 12.8 Å². The molecule has 0 amide bonds. The fourth-order valence-electron chi connectivity index (χ4n) is 4.07. The van der Waals surface area contributed by atoms with E-state index in [1.54, 1.807) is 30.7 Å². The molecule has 0 aliphatic carbocycles. The van der Waals surface area contributed by atoms with E-state index >= 15 is 0 Å². The van der Waals surface area contributed by atoms with Gasteiger partial charge in [0.15, 0.2) is 5.13 Å². The van der Waals surface area contributed by atoms with Gasteiger partial charge in [0.1, 0.15) is 23.7 Å². The van der Waals surface area contributed by atoms with Crippen molar-refractivity contribution in [1.29, 1.82) is 0 Å². The molecule has 0 saturated heterocycles. The number of hydrogen-bond acceptors (Lipinski definition) is 8. The third kappa shape index (κ3) is 6.59. The van der Waals surface area contributed by atoms with Gasteiger partial charge in [-0.2, -0.15) is 0 Å². The number of aromatic nitrogens is 2. The van der Waals surface area contributed by atoms with Gasteiger partial charge in [-0.1, -0.05) is 20.8 Å². The number of thiophene rings is 1. The van der Waals surface area contributed by atoms with Crippen molar-refractivity contribution in [3.63, 3.8) is 0 Å². The van der Waals surface area contributed by atoms with Gasteiger partial charge in [0.2, 0.25) is 0 Å². The predicted octanol–water partition coefficient (Wildman–Crippen LogP) is 7.47. The van der Waals surface area contributed by atoms with E-state index in [0.717, 1.165) is 55.6 Å². The number of carbonyl (C=O) groups is 1. The molecular weight excluding hydrogens is 518 g/mol. The largest absolute Gasteiger partial charge is 0.491 e. The molecule has 3 heterocycles. The number of nitrogens with zero attached hydrogens (tertiary/aromatic N) is 2. The standard InChI is InChI=1S/C29H33N3O4S2/c1-6-19-14-20(8-9-23(19)36-12-11-35-5)26-25(13-17(2)3)38-29(31-26)32-27-22(28(33)34)15-21(16-30-27)24-10-7-18(4)37-24/h7-10,14-17H,6,11-13H2,1-5H3,(H,33,34)(H,30,31,32). The highest BCUT2D eigenvalue weighted by Gasteiger charge is 2.19. The third-order valence-electron chi connectivity index (χ3n) is 5.92. The van der Waals surface area contributed by atoms with Crippen LogP contribution in [0.4, 0.5) is 10.9 Å². The number of aryl methyl sites for hydroxylation is 2. The molecule has 0 aliphatic rings. The number of ether oxygens (including phenoxy) is 2. The van der Waals surface area contributed by atoms with E-state index in [-0.39, 0.29) is 11.4 Å². The van der Waals surface area contributed by atoms with Crippen molar-refractivity contribution in [1.82, 2.24) is 9.97 Å². The number of hydrogen-bond donors (Lipinski definition) is 2. The molecule has 0 spiro atoms. The smallest absolute Gasteiger partial charge is 0.339 e. The SMILES string of the molecule is CCc1cc(-c2nc(Nc3ncc(-c4ccc(C)s4)cc3C(=O)O)sc2CC(C)C)ccc1OCCOC. The van der Waals surface area contributed by atoms with Gasteiger partial charge in [0, 0.05) is 39.1 Å². The summed E-state index contributed by atoms with van der Waals surface area (Å²) in [5.41, 5.74) is 3.90. The molecule has 0 saturated carbocycles. The molecule has 4 aromatic rings. The lowest BCUT2D eigenvalue weighted by molar-refractivity contribution is 0.0697. The minimum absolute atomic E-state index is 0.113. The molecule has 0 aliphatic heterocycles. The lowest BCUT2D eigenvalue weighted by atomic mass is 10.0. The van der Waals surface area contributed by atoms with Gasteiger partial charge >= 0.3 is 5.97 Å². The van der Waals surface area contributed by atoms with E-state index in [9.17, 15) is 9.90 Å². The van der Waals surface area contributed by atoms with E-state index in [1.807, 2.05) is 31.2 Å². The third-order valence-corrected chi connectivity index (χ3v) is 7.96. The summed E-state index contributed by atoms with van der Waals surface area (Å²) < 4.78 is 11.0. The Kier molecular flexibility index (Phi) is 9.14. The first kappa shape index (κ1) is 27.8. The van der Waals surface area contributed by atoms with Crippen LogP contribution < -0.4 is 10.1 Å². The second-order valence-electron chi connectivity index (χ2n) is 9.37. The van der Waals surface area contributed by atoms with E-state index in [2.05, 4.69) is 37.1 Å². The fraction of sp³-hybridized carbons (Fsp3) is 0.345. The van der Waals surface area contributed by atoms with Gasteiger partial charge in [-0.15, -0.1) is 22.7 Å². The van der Waals surface area contributed by atoms with Crippen LogP contribution in [0.25, 0.3) is 21.7 Å². The minimum atomic E-state index is -1.04. The number of methoxy groups -OCH3 is 1. The first-order valence-electron chi connectivity index (χ1n) is 12.6. The van der Waals surface area contributed by atoms with Gasteiger partial charge in [0.25, 0.3) is 0 Å². The number of nitrogens with one attached hydrogen (secondary N) is 1. The Morgan fingerprint density at radius 3 is 2.58 bits per heavy atom. The quantitative estimate of drug-likeness (QED) is 0.176. The lowest BCUT2D eigenvalue weighted by Crippen LogP contribution is -2.06. The maximum Gasteiger partial charge on any atom is 0.339 e. The number of pyridine rings is 1. The number of carboxylic acids is 1. The van der Waals surface area contributed by atoms with E-state index in [1.165, 1.54) is 11.3 Å². The zero-order valence-electron chi connectivity index (χ0n) is 22.3. The first-order chi connectivity index (χ1) is 18.3. The molecule has 3 aromatic heterocycles. The first-order valence-corrected chi connectivity index (χ1v) is 14.2. The fourth-order valence-corrected chi connectivity index (χ4v) is 6.12. The minimum Gasteiger partial charge on any atom is -0.491 e. The lowest BCUT2D eigenvalue weighted by Gasteiger charge is -2.12. The van der Waals surface area contributed by atoms with E-state index in [0.29, 0.717) is 24.3 Å². The molecule has 0 radical (unpaired) electrons. The zero-order chi connectivity index (χ0) is 27.2. The topological polar surface area (TPSA) is 93.6 Å². The number of anilines is 2. The summed E-state index contributed by atoms with van der Waals surface area (Å²) in [6, 6.07) is 11.8. The molecule has 0 bridgehead atoms.